The van der Waals surface area contributed by atoms with E-state index >= 15 is 0 Å². The Morgan fingerprint density at radius 1 is 1.53 bits per heavy atom. The molecule has 0 radical (unpaired) electrons. The number of rotatable bonds is 3. The van der Waals surface area contributed by atoms with Crippen LogP contribution >= 0.6 is 0 Å². The second-order valence-corrected chi connectivity index (χ2v) is 3.60. The number of hydrogen-bond acceptors (Lipinski definition) is 3. The summed E-state index contributed by atoms with van der Waals surface area (Å²) in [6.07, 6.45) is 5.25. The maximum absolute atomic E-state index is 9.29. The Kier molecular flexibility index (Phi) is 3.70. The predicted octanol–water partition coefficient (Wildman–Crippen LogP) is 1.26. The molecule has 0 amide bonds. The largest absolute Gasteiger partial charge is 0.392 e. The van der Waals surface area contributed by atoms with Gasteiger partial charge in [0.2, 0.25) is 0 Å². The molecule has 1 rings (SSSR count). The summed E-state index contributed by atoms with van der Waals surface area (Å²) in [5.41, 5.74) is 2.82. The molecule has 0 fully saturated rings. The normalized spacial score (nSPS) is 9.80. The van der Waals surface area contributed by atoms with Gasteiger partial charge in [-0.05, 0) is 25.5 Å². The standard InChI is InChI=1S/C12H16N2O/c1-5-6-14(4)12-11(8-15)9(2)7-10(3)13-12/h1,7,15H,6,8H2,2-4H3. The van der Waals surface area contributed by atoms with Gasteiger partial charge in [0, 0.05) is 18.3 Å². The number of aliphatic hydroxyl groups is 1. The van der Waals surface area contributed by atoms with Gasteiger partial charge >= 0.3 is 0 Å². The Hall–Kier alpha value is -1.53. The first-order valence-electron chi connectivity index (χ1n) is 4.82. The fourth-order valence-corrected chi connectivity index (χ4v) is 1.57. The third kappa shape index (κ3) is 2.48. The van der Waals surface area contributed by atoms with Gasteiger partial charge in [0.15, 0.2) is 0 Å². The summed E-state index contributed by atoms with van der Waals surface area (Å²) >= 11 is 0. The molecule has 1 N–H and O–H groups in total. The Morgan fingerprint density at radius 3 is 2.73 bits per heavy atom. The topological polar surface area (TPSA) is 36.4 Å². The van der Waals surface area contributed by atoms with Gasteiger partial charge in [-0.25, -0.2) is 4.98 Å². The zero-order valence-corrected chi connectivity index (χ0v) is 9.41. The Bertz CT molecular complexity index is 393. The number of aryl methyl sites for hydroxylation is 2. The van der Waals surface area contributed by atoms with Crippen molar-refractivity contribution in [1.29, 1.82) is 0 Å². The van der Waals surface area contributed by atoms with Crippen molar-refractivity contribution in [3.8, 4) is 12.3 Å². The second-order valence-electron chi connectivity index (χ2n) is 3.60. The molecule has 1 heterocycles. The molecule has 0 unspecified atom stereocenters. The van der Waals surface area contributed by atoms with E-state index in [1.807, 2.05) is 31.9 Å². The van der Waals surface area contributed by atoms with Crippen LogP contribution in [-0.4, -0.2) is 23.7 Å². The zero-order chi connectivity index (χ0) is 11.4. The lowest BCUT2D eigenvalue weighted by Crippen LogP contribution is -2.21. The molecule has 0 aliphatic carbocycles. The molecule has 0 aliphatic rings. The van der Waals surface area contributed by atoms with E-state index in [9.17, 15) is 5.11 Å². The number of pyridine rings is 1. The van der Waals surface area contributed by atoms with Crippen molar-refractivity contribution < 1.29 is 5.11 Å². The number of hydrogen-bond donors (Lipinski definition) is 1. The van der Waals surface area contributed by atoms with E-state index in [2.05, 4.69) is 10.9 Å². The summed E-state index contributed by atoms with van der Waals surface area (Å²) in [6.45, 7) is 4.38. The molecule has 0 spiro atoms. The smallest absolute Gasteiger partial charge is 0.135 e. The van der Waals surface area contributed by atoms with E-state index in [-0.39, 0.29) is 6.61 Å². The van der Waals surface area contributed by atoms with Gasteiger partial charge in [-0.1, -0.05) is 5.92 Å². The van der Waals surface area contributed by atoms with E-state index in [1.165, 1.54) is 0 Å². The van der Waals surface area contributed by atoms with Crippen LogP contribution in [0.5, 0.6) is 0 Å². The quantitative estimate of drug-likeness (QED) is 0.753. The minimum Gasteiger partial charge on any atom is -0.392 e. The van der Waals surface area contributed by atoms with E-state index in [0.717, 1.165) is 22.6 Å². The van der Waals surface area contributed by atoms with Crippen LogP contribution in [-0.2, 0) is 6.61 Å². The molecule has 0 aliphatic heterocycles. The number of nitrogens with zero attached hydrogens (tertiary/aromatic N) is 2. The summed E-state index contributed by atoms with van der Waals surface area (Å²) in [5, 5.41) is 9.29. The molecule has 1 aromatic rings. The fraction of sp³-hybridized carbons (Fsp3) is 0.417. The molecule has 3 heteroatoms. The summed E-state index contributed by atoms with van der Waals surface area (Å²) < 4.78 is 0. The molecule has 0 saturated heterocycles. The molecule has 3 nitrogen and oxygen atoms in total. The van der Waals surface area contributed by atoms with Crippen molar-refractivity contribution in [2.45, 2.75) is 20.5 Å². The van der Waals surface area contributed by atoms with Gasteiger partial charge in [-0.3, -0.25) is 0 Å². The van der Waals surface area contributed by atoms with Crippen molar-refractivity contribution in [3.63, 3.8) is 0 Å². The van der Waals surface area contributed by atoms with Crippen molar-refractivity contribution in [2.75, 3.05) is 18.5 Å². The van der Waals surface area contributed by atoms with Gasteiger partial charge in [0.05, 0.1) is 13.2 Å². The van der Waals surface area contributed by atoms with Crippen LogP contribution in [0.25, 0.3) is 0 Å². The molecular weight excluding hydrogens is 188 g/mol. The highest BCUT2D eigenvalue weighted by molar-refractivity contribution is 5.51. The van der Waals surface area contributed by atoms with Crippen molar-refractivity contribution in [3.05, 3.63) is 22.9 Å². The average molecular weight is 204 g/mol. The van der Waals surface area contributed by atoms with Crippen LogP contribution < -0.4 is 4.90 Å². The van der Waals surface area contributed by atoms with Crippen molar-refractivity contribution in [1.82, 2.24) is 4.98 Å². The highest BCUT2D eigenvalue weighted by atomic mass is 16.3. The molecule has 0 atom stereocenters. The molecule has 0 bridgehead atoms. The molecule has 15 heavy (non-hydrogen) atoms. The average Bonchev–Trinajstić information content (AvgIpc) is 2.17. The number of terminal acetylenes is 1. The summed E-state index contributed by atoms with van der Waals surface area (Å²) in [6, 6.07) is 1.96. The van der Waals surface area contributed by atoms with Crippen LogP contribution in [0.3, 0.4) is 0 Å². The van der Waals surface area contributed by atoms with Gasteiger partial charge in [0.25, 0.3) is 0 Å². The van der Waals surface area contributed by atoms with Crippen molar-refractivity contribution >= 4 is 5.82 Å². The Morgan fingerprint density at radius 2 is 2.20 bits per heavy atom. The second kappa shape index (κ2) is 4.81. The number of aliphatic hydroxyl groups excluding tert-OH is 1. The van der Waals surface area contributed by atoms with E-state index < -0.39 is 0 Å². The molecule has 80 valence electrons. The molecular formula is C12H16N2O. The minimum absolute atomic E-state index is 0.0106. The summed E-state index contributed by atoms with van der Waals surface area (Å²) in [4.78, 5) is 6.26. The third-order valence-corrected chi connectivity index (χ3v) is 2.30. The highest BCUT2D eigenvalue weighted by Gasteiger charge is 2.11. The van der Waals surface area contributed by atoms with Gasteiger partial charge in [0.1, 0.15) is 5.82 Å². The molecule has 1 aromatic heterocycles. The molecule has 0 aromatic carbocycles. The van der Waals surface area contributed by atoms with E-state index in [1.54, 1.807) is 0 Å². The summed E-state index contributed by atoms with van der Waals surface area (Å²) in [7, 11) is 1.88. The maximum atomic E-state index is 9.29. The lowest BCUT2D eigenvalue weighted by Gasteiger charge is -2.20. The summed E-state index contributed by atoms with van der Waals surface area (Å²) in [5.74, 6) is 3.33. The lowest BCUT2D eigenvalue weighted by molar-refractivity contribution is 0.281. The molecule has 0 saturated carbocycles. The zero-order valence-electron chi connectivity index (χ0n) is 9.41. The predicted molar refractivity (Wildman–Crippen MR) is 61.7 cm³/mol. The van der Waals surface area contributed by atoms with E-state index in [0.29, 0.717) is 6.54 Å². The maximum Gasteiger partial charge on any atom is 0.135 e. The Labute approximate surface area is 90.8 Å². The monoisotopic (exact) mass is 204 g/mol. The van der Waals surface area contributed by atoms with Crippen LogP contribution in [0.1, 0.15) is 16.8 Å². The fourth-order valence-electron chi connectivity index (χ4n) is 1.57. The van der Waals surface area contributed by atoms with Gasteiger partial charge < -0.3 is 10.0 Å². The first-order chi connectivity index (χ1) is 7.10. The number of aromatic nitrogens is 1. The van der Waals surface area contributed by atoms with Crippen LogP contribution in [0, 0.1) is 26.2 Å². The first-order valence-corrected chi connectivity index (χ1v) is 4.82. The van der Waals surface area contributed by atoms with Crippen LogP contribution in [0.4, 0.5) is 5.82 Å². The van der Waals surface area contributed by atoms with Gasteiger partial charge in [-0.2, -0.15) is 0 Å². The highest BCUT2D eigenvalue weighted by Crippen LogP contribution is 2.21. The van der Waals surface area contributed by atoms with Gasteiger partial charge in [-0.15, -0.1) is 6.42 Å². The van der Waals surface area contributed by atoms with E-state index in [4.69, 9.17) is 6.42 Å². The first kappa shape index (κ1) is 11.5. The van der Waals surface area contributed by atoms with Crippen molar-refractivity contribution in [2.24, 2.45) is 0 Å². The lowest BCUT2D eigenvalue weighted by atomic mass is 10.1. The SMILES string of the molecule is C#CCN(C)c1nc(C)cc(C)c1CO. The van der Waals surface area contributed by atoms with Crippen LogP contribution in [0.2, 0.25) is 0 Å². The minimum atomic E-state index is -0.0106. The number of anilines is 1. The van der Waals surface area contributed by atoms with Crippen LogP contribution in [0.15, 0.2) is 6.07 Å². The Balaban J connectivity index is 3.20. The third-order valence-electron chi connectivity index (χ3n) is 2.30.